The first kappa shape index (κ1) is 21.9. The van der Waals surface area contributed by atoms with Gasteiger partial charge in [0, 0.05) is 5.56 Å². The van der Waals surface area contributed by atoms with Gasteiger partial charge in [-0.3, -0.25) is 0 Å². The lowest BCUT2D eigenvalue weighted by Gasteiger charge is -2.14. The number of hydrogen-bond acceptors (Lipinski definition) is 6. The molecule has 0 radical (unpaired) electrons. The Balaban J connectivity index is 1.59. The molecule has 168 valence electrons. The first-order valence-corrected chi connectivity index (χ1v) is 10.4. The molecule has 0 atom stereocenters. The number of carbonyl (C=O) groups is 2. The lowest BCUT2D eigenvalue weighted by molar-refractivity contribution is 0.0527. The number of ether oxygens (including phenoxy) is 2. The van der Waals surface area contributed by atoms with Gasteiger partial charge in [-0.15, -0.1) is 0 Å². The number of aromatic nitrogens is 1. The smallest absolute Gasteiger partial charge is 0.340 e. The molecule has 0 spiro atoms. The van der Waals surface area contributed by atoms with E-state index in [1.807, 2.05) is 25.1 Å². The molecule has 4 aromatic rings. The predicted octanol–water partition coefficient (Wildman–Crippen LogP) is 5.63. The van der Waals surface area contributed by atoms with Crippen LogP contribution in [-0.2, 0) is 4.74 Å². The number of para-hydroxylation sites is 1. The van der Waals surface area contributed by atoms with Crippen molar-refractivity contribution in [1.29, 1.82) is 0 Å². The van der Waals surface area contributed by atoms with Crippen molar-refractivity contribution in [1.82, 2.24) is 4.98 Å². The summed E-state index contributed by atoms with van der Waals surface area (Å²) in [6, 6.07) is 17.1. The number of anilines is 2. The average molecular weight is 445 g/mol. The second-order valence-corrected chi connectivity index (χ2v) is 7.25. The summed E-state index contributed by atoms with van der Waals surface area (Å²) in [6.45, 7) is 3.94. The van der Waals surface area contributed by atoms with E-state index in [0.29, 0.717) is 34.2 Å². The monoisotopic (exact) mass is 445 g/mol. The summed E-state index contributed by atoms with van der Waals surface area (Å²) in [5.41, 5.74) is 4.19. The Morgan fingerprint density at radius 3 is 2.58 bits per heavy atom. The molecule has 0 saturated heterocycles. The quantitative estimate of drug-likeness (QED) is 0.373. The average Bonchev–Trinajstić information content (AvgIpc) is 3.22. The molecule has 2 amide bonds. The fraction of sp³-hybridized carbons (Fsp3) is 0.160. The molecule has 0 fully saturated rings. The number of fused-ring (bicyclic) bond motifs is 1. The number of nitrogens with one attached hydrogen (secondary N) is 2. The second kappa shape index (κ2) is 9.44. The number of urea groups is 1. The van der Waals surface area contributed by atoms with Crippen molar-refractivity contribution < 1.29 is 23.5 Å². The van der Waals surface area contributed by atoms with Crippen molar-refractivity contribution in [3.8, 4) is 17.2 Å². The normalized spacial score (nSPS) is 10.6. The molecular weight excluding hydrogens is 422 g/mol. The van der Waals surface area contributed by atoms with Crippen molar-refractivity contribution >= 4 is 34.5 Å². The van der Waals surface area contributed by atoms with Crippen LogP contribution in [0.2, 0.25) is 0 Å². The van der Waals surface area contributed by atoms with Crippen molar-refractivity contribution in [2.45, 2.75) is 13.8 Å². The van der Waals surface area contributed by atoms with E-state index in [0.717, 1.165) is 11.1 Å². The van der Waals surface area contributed by atoms with Crippen molar-refractivity contribution in [3.05, 3.63) is 71.8 Å². The molecule has 2 N–H and O–H groups in total. The van der Waals surface area contributed by atoms with Gasteiger partial charge >= 0.3 is 12.0 Å². The Labute approximate surface area is 190 Å². The summed E-state index contributed by atoms with van der Waals surface area (Å²) in [4.78, 5) is 29.5. The molecule has 0 aliphatic rings. The van der Waals surface area contributed by atoms with Gasteiger partial charge in [-0.25, -0.2) is 14.6 Å². The Kier molecular flexibility index (Phi) is 6.26. The van der Waals surface area contributed by atoms with E-state index in [1.54, 1.807) is 49.4 Å². The predicted molar refractivity (Wildman–Crippen MR) is 126 cm³/mol. The number of carbonyl (C=O) groups excluding carboxylic acids is 2. The third-order valence-corrected chi connectivity index (χ3v) is 4.91. The highest BCUT2D eigenvalue weighted by molar-refractivity contribution is 6.05. The van der Waals surface area contributed by atoms with Crippen LogP contribution in [0.3, 0.4) is 0 Å². The number of methoxy groups -OCH3 is 1. The molecular formula is C25H23N3O5. The topological polar surface area (TPSA) is 103 Å². The zero-order valence-electron chi connectivity index (χ0n) is 18.5. The summed E-state index contributed by atoms with van der Waals surface area (Å²) in [6.07, 6.45) is 0. The van der Waals surface area contributed by atoms with Gasteiger partial charge in [0.05, 0.1) is 30.7 Å². The molecule has 33 heavy (non-hydrogen) atoms. The Morgan fingerprint density at radius 2 is 1.79 bits per heavy atom. The number of amides is 2. The van der Waals surface area contributed by atoms with Gasteiger partial charge in [0.25, 0.3) is 0 Å². The van der Waals surface area contributed by atoms with E-state index in [2.05, 4.69) is 15.6 Å². The fourth-order valence-electron chi connectivity index (χ4n) is 3.35. The molecule has 3 aromatic carbocycles. The maximum Gasteiger partial charge on any atom is 0.340 e. The van der Waals surface area contributed by atoms with E-state index < -0.39 is 12.0 Å². The second-order valence-electron chi connectivity index (χ2n) is 7.25. The van der Waals surface area contributed by atoms with E-state index in [4.69, 9.17) is 13.9 Å². The van der Waals surface area contributed by atoms with Crippen molar-refractivity contribution in [2.24, 2.45) is 0 Å². The first-order chi connectivity index (χ1) is 16.0. The van der Waals surface area contributed by atoms with Crippen molar-refractivity contribution in [3.63, 3.8) is 0 Å². The summed E-state index contributed by atoms with van der Waals surface area (Å²) in [5, 5.41) is 5.46. The highest BCUT2D eigenvalue weighted by atomic mass is 16.5. The highest BCUT2D eigenvalue weighted by Gasteiger charge is 2.16. The SMILES string of the molecule is CCOC(=O)c1ccccc1NC(=O)Nc1cc(-c2nc3cc(C)ccc3o2)ccc1OC. The Bertz CT molecular complexity index is 1330. The van der Waals surface area contributed by atoms with Gasteiger partial charge in [0.15, 0.2) is 5.58 Å². The number of aryl methyl sites for hydroxylation is 1. The molecule has 4 rings (SSSR count). The molecule has 1 aromatic heterocycles. The van der Waals surface area contributed by atoms with Crippen LogP contribution in [0.5, 0.6) is 5.75 Å². The van der Waals surface area contributed by atoms with Crippen LogP contribution in [0.1, 0.15) is 22.8 Å². The van der Waals surface area contributed by atoms with Gasteiger partial charge in [-0.1, -0.05) is 18.2 Å². The number of benzene rings is 3. The zero-order chi connectivity index (χ0) is 23.4. The minimum absolute atomic E-state index is 0.235. The van der Waals surface area contributed by atoms with E-state index in [1.165, 1.54) is 7.11 Å². The number of rotatable bonds is 6. The molecule has 8 heteroatoms. The molecule has 8 nitrogen and oxygen atoms in total. The van der Waals surface area contributed by atoms with Gasteiger partial charge in [0.1, 0.15) is 11.3 Å². The number of esters is 1. The summed E-state index contributed by atoms with van der Waals surface area (Å²) in [5.74, 6) is 0.369. The lowest BCUT2D eigenvalue weighted by Crippen LogP contribution is -2.21. The zero-order valence-corrected chi connectivity index (χ0v) is 18.5. The van der Waals surface area contributed by atoms with E-state index >= 15 is 0 Å². The van der Waals surface area contributed by atoms with Crippen LogP contribution >= 0.6 is 0 Å². The number of oxazole rings is 1. The minimum Gasteiger partial charge on any atom is -0.495 e. The van der Waals surface area contributed by atoms with Crippen LogP contribution < -0.4 is 15.4 Å². The first-order valence-electron chi connectivity index (χ1n) is 10.4. The summed E-state index contributed by atoms with van der Waals surface area (Å²) < 4.78 is 16.3. The van der Waals surface area contributed by atoms with Crippen LogP contribution in [0.25, 0.3) is 22.6 Å². The van der Waals surface area contributed by atoms with Crippen molar-refractivity contribution in [2.75, 3.05) is 24.4 Å². The number of hydrogen-bond donors (Lipinski definition) is 2. The van der Waals surface area contributed by atoms with E-state index in [-0.39, 0.29) is 12.2 Å². The fourth-order valence-corrected chi connectivity index (χ4v) is 3.35. The molecule has 0 bridgehead atoms. The van der Waals surface area contributed by atoms with Gasteiger partial charge in [0.2, 0.25) is 5.89 Å². The maximum atomic E-state index is 12.7. The Hall–Kier alpha value is -4.33. The largest absolute Gasteiger partial charge is 0.495 e. The molecule has 0 unspecified atom stereocenters. The maximum absolute atomic E-state index is 12.7. The molecule has 0 aliphatic heterocycles. The highest BCUT2D eigenvalue weighted by Crippen LogP contribution is 2.32. The molecule has 1 heterocycles. The van der Waals surface area contributed by atoms with Crippen LogP contribution in [0.4, 0.5) is 16.2 Å². The standard InChI is InChI=1S/C25H23N3O5/c1-4-32-24(29)17-7-5-6-8-18(17)27-25(30)28-20-14-16(10-12-21(20)31-3)23-26-19-13-15(2)9-11-22(19)33-23/h5-14H,4H2,1-3H3,(H2,27,28,30). The minimum atomic E-state index is -0.546. The van der Waals surface area contributed by atoms with Crippen LogP contribution in [0, 0.1) is 6.92 Å². The summed E-state index contributed by atoms with van der Waals surface area (Å²) in [7, 11) is 1.51. The van der Waals surface area contributed by atoms with Gasteiger partial charge in [-0.2, -0.15) is 0 Å². The number of nitrogens with zero attached hydrogens (tertiary/aromatic N) is 1. The molecule has 0 saturated carbocycles. The Morgan fingerprint density at radius 1 is 1.00 bits per heavy atom. The van der Waals surface area contributed by atoms with E-state index in [9.17, 15) is 9.59 Å². The van der Waals surface area contributed by atoms with Crippen LogP contribution in [0.15, 0.2) is 65.1 Å². The van der Waals surface area contributed by atoms with Gasteiger partial charge < -0.3 is 24.5 Å². The molecule has 0 aliphatic carbocycles. The van der Waals surface area contributed by atoms with Gasteiger partial charge in [-0.05, 0) is 61.9 Å². The lowest BCUT2D eigenvalue weighted by atomic mass is 10.1. The summed E-state index contributed by atoms with van der Waals surface area (Å²) >= 11 is 0. The third kappa shape index (κ3) is 4.79. The third-order valence-electron chi connectivity index (χ3n) is 4.91. The van der Waals surface area contributed by atoms with Crippen LogP contribution in [-0.4, -0.2) is 30.7 Å².